The molecule has 4 rings (SSSR count). The van der Waals surface area contributed by atoms with E-state index < -0.39 is 5.82 Å². The molecule has 2 amide bonds. The van der Waals surface area contributed by atoms with Gasteiger partial charge in [0.1, 0.15) is 11.6 Å². The van der Waals surface area contributed by atoms with E-state index in [1.807, 2.05) is 36.1 Å². The molecule has 0 aromatic heterocycles. The molecule has 146 valence electrons. The molecule has 2 saturated heterocycles. The van der Waals surface area contributed by atoms with Crippen molar-refractivity contribution in [3.05, 3.63) is 65.0 Å². The third kappa shape index (κ3) is 3.03. The molecule has 2 aromatic rings. The van der Waals surface area contributed by atoms with Crippen LogP contribution in [0.3, 0.4) is 0 Å². The van der Waals surface area contributed by atoms with Crippen LogP contribution < -0.4 is 0 Å². The molecule has 2 fully saturated rings. The first kappa shape index (κ1) is 18.5. The summed E-state index contributed by atoms with van der Waals surface area (Å²) in [5.74, 6) is -0.978. The smallest absolute Gasteiger partial charge is 0.256 e. The molecule has 0 unspecified atom stereocenters. The Balaban J connectivity index is 1.62. The van der Waals surface area contributed by atoms with Crippen LogP contribution >= 0.6 is 0 Å². The minimum Gasteiger partial charge on any atom is -0.508 e. The molecule has 2 aromatic carbocycles. The molecule has 3 atom stereocenters. The fraction of sp³-hybridized carbons (Fsp3) is 0.364. The van der Waals surface area contributed by atoms with Crippen molar-refractivity contribution in [3.8, 4) is 5.75 Å². The monoisotopic (exact) mass is 382 g/mol. The summed E-state index contributed by atoms with van der Waals surface area (Å²) in [6.45, 7) is 5.19. The Hall–Kier alpha value is -2.89. The van der Waals surface area contributed by atoms with Gasteiger partial charge in [0.15, 0.2) is 0 Å². The molecular formula is C22H23FN2O3. The average Bonchev–Trinajstić information content (AvgIpc) is 3.20. The number of hydrogen-bond donors (Lipinski definition) is 1. The topological polar surface area (TPSA) is 60.9 Å². The van der Waals surface area contributed by atoms with Crippen molar-refractivity contribution in [1.82, 2.24) is 9.80 Å². The fourth-order valence-electron chi connectivity index (χ4n) is 4.70. The maximum atomic E-state index is 14.1. The van der Waals surface area contributed by atoms with Crippen molar-refractivity contribution in [2.45, 2.75) is 19.9 Å². The molecule has 1 N–H and O–H groups in total. The Bertz CT molecular complexity index is 945. The van der Waals surface area contributed by atoms with E-state index in [2.05, 4.69) is 0 Å². The van der Waals surface area contributed by atoms with Crippen molar-refractivity contribution >= 4 is 11.8 Å². The standard InChI is InChI=1S/C22H23FN2O3/c1-13-5-3-4-6-17(13)21-19-12-24(10-15(19)11-25(21)14(2)26)22(28)18-8-7-16(27)9-20(18)23/h3-9,15,19,21,27H,10-12H2,1-2H3/t15-,19-,21+/m1/s1. The number of phenolic OH excluding ortho intramolecular Hbond substituents is 1. The number of phenols is 1. The maximum absolute atomic E-state index is 14.1. The van der Waals surface area contributed by atoms with Crippen LogP contribution in [0.1, 0.15) is 34.5 Å². The van der Waals surface area contributed by atoms with Crippen LogP contribution in [-0.2, 0) is 4.79 Å². The minimum atomic E-state index is -0.720. The molecule has 0 radical (unpaired) electrons. The van der Waals surface area contributed by atoms with Gasteiger partial charge in [0.25, 0.3) is 5.91 Å². The molecule has 0 spiro atoms. The Morgan fingerprint density at radius 1 is 1.11 bits per heavy atom. The number of aryl methyl sites for hydroxylation is 1. The number of amides is 2. The van der Waals surface area contributed by atoms with Crippen molar-refractivity contribution in [1.29, 1.82) is 0 Å². The summed E-state index contributed by atoms with van der Waals surface area (Å²) in [6.07, 6.45) is 0. The molecule has 28 heavy (non-hydrogen) atoms. The zero-order valence-corrected chi connectivity index (χ0v) is 15.9. The van der Waals surface area contributed by atoms with E-state index >= 15 is 0 Å². The number of nitrogens with zero attached hydrogens (tertiary/aromatic N) is 2. The molecule has 2 heterocycles. The number of halogens is 1. The lowest BCUT2D eigenvalue weighted by molar-refractivity contribution is -0.130. The van der Waals surface area contributed by atoms with Gasteiger partial charge in [-0.2, -0.15) is 0 Å². The molecule has 0 aliphatic carbocycles. The van der Waals surface area contributed by atoms with E-state index in [9.17, 15) is 19.1 Å². The number of likely N-dealkylation sites (tertiary alicyclic amines) is 2. The summed E-state index contributed by atoms with van der Waals surface area (Å²) in [5, 5.41) is 9.38. The third-order valence-corrected chi connectivity index (χ3v) is 6.05. The quantitative estimate of drug-likeness (QED) is 0.868. The predicted octanol–water partition coefficient (Wildman–Crippen LogP) is 3.13. The normalized spacial score (nSPS) is 23.8. The number of fused-ring (bicyclic) bond motifs is 1. The van der Waals surface area contributed by atoms with Gasteiger partial charge >= 0.3 is 0 Å². The van der Waals surface area contributed by atoms with Crippen molar-refractivity contribution in [3.63, 3.8) is 0 Å². The van der Waals surface area contributed by atoms with Crippen LogP contribution in [0.25, 0.3) is 0 Å². The van der Waals surface area contributed by atoms with Gasteiger partial charge in [-0.3, -0.25) is 9.59 Å². The number of rotatable bonds is 2. The van der Waals surface area contributed by atoms with Crippen LogP contribution in [0.5, 0.6) is 5.75 Å². The molecular weight excluding hydrogens is 359 g/mol. The van der Waals surface area contributed by atoms with Gasteiger partial charge in [-0.25, -0.2) is 4.39 Å². The molecule has 5 nitrogen and oxygen atoms in total. The van der Waals surface area contributed by atoms with E-state index in [0.29, 0.717) is 19.6 Å². The van der Waals surface area contributed by atoms with Crippen molar-refractivity contribution in [2.75, 3.05) is 19.6 Å². The first-order valence-corrected chi connectivity index (χ1v) is 9.47. The summed E-state index contributed by atoms with van der Waals surface area (Å²) >= 11 is 0. The van der Waals surface area contributed by atoms with E-state index in [1.54, 1.807) is 11.8 Å². The van der Waals surface area contributed by atoms with E-state index in [4.69, 9.17) is 0 Å². The summed E-state index contributed by atoms with van der Waals surface area (Å²) in [7, 11) is 0. The number of carbonyl (C=O) groups excluding carboxylic acids is 2. The highest BCUT2D eigenvalue weighted by Gasteiger charge is 2.49. The van der Waals surface area contributed by atoms with Crippen LogP contribution in [0.4, 0.5) is 4.39 Å². The molecule has 0 bridgehead atoms. The zero-order chi connectivity index (χ0) is 20.0. The summed E-state index contributed by atoms with van der Waals surface area (Å²) < 4.78 is 14.1. The summed E-state index contributed by atoms with van der Waals surface area (Å²) in [5.41, 5.74) is 2.19. The lowest BCUT2D eigenvalue weighted by Gasteiger charge is -2.30. The SMILES string of the molecule is CC(=O)N1C[C@H]2CN(C(=O)c3ccc(O)cc3F)C[C@H]2[C@@H]1c1ccccc1C. The highest BCUT2D eigenvalue weighted by atomic mass is 19.1. The van der Waals surface area contributed by atoms with Crippen LogP contribution in [-0.4, -0.2) is 46.4 Å². The summed E-state index contributed by atoms with van der Waals surface area (Å²) in [6, 6.07) is 11.5. The lowest BCUT2D eigenvalue weighted by atomic mass is 9.87. The Kier molecular flexibility index (Phi) is 4.57. The molecule has 2 aliphatic heterocycles. The number of benzene rings is 2. The molecule has 0 saturated carbocycles. The Morgan fingerprint density at radius 3 is 2.54 bits per heavy atom. The molecule has 2 aliphatic rings. The third-order valence-electron chi connectivity index (χ3n) is 6.05. The second kappa shape index (κ2) is 6.93. The van der Waals surface area contributed by atoms with Gasteiger partial charge in [0.2, 0.25) is 5.91 Å². The highest BCUT2D eigenvalue weighted by molar-refractivity contribution is 5.95. The highest BCUT2D eigenvalue weighted by Crippen LogP contribution is 2.46. The number of aromatic hydroxyl groups is 1. The zero-order valence-electron chi connectivity index (χ0n) is 15.9. The second-order valence-corrected chi connectivity index (χ2v) is 7.77. The predicted molar refractivity (Wildman–Crippen MR) is 102 cm³/mol. The van der Waals surface area contributed by atoms with Crippen molar-refractivity contribution < 1.29 is 19.1 Å². The van der Waals surface area contributed by atoms with E-state index in [0.717, 1.165) is 17.2 Å². The first-order chi connectivity index (χ1) is 13.4. The van der Waals surface area contributed by atoms with Crippen LogP contribution in [0.15, 0.2) is 42.5 Å². The maximum Gasteiger partial charge on any atom is 0.256 e. The number of hydrogen-bond acceptors (Lipinski definition) is 3. The summed E-state index contributed by atoms with van der Waals surface area (Å²) in [4.78, 5) is 28.7. The lowest BCUT2D eigenvalue weighted by Crippen LogP contribution is -2.37. The second-order valence-electron chi connectivity index (χ2n) is 7.77. The van der Waals surface area contributed by atoms with Crippen molar-refractivity contribution in [2.24, 2.45) is 11.8 Å². The van der Waals surface area contributed by atoms with Gasteiger partial charge in [-0.15, -0.1) is 0 Å². The van der Waals surface area contributed by atoms with Crippen LogP contribution in [0.2, 0.25) is 0 Å². The Labute approximate surface area is 163 Å². The van der Waals surface area contributed by atoms with Gasteiger partial charge in [0, 0.05) is 44.5 Å². The minimum absolute atomic E-state index is 0.0325. The van der Waals surface area contributed by atoms with Crippen LogP contribution in [0, 0.1) is 24.6 Å². The average molecular weight is 382 g/mol. The van der Waals surface area contributed by atoms with Gasteiger partial charge < -0.3 is 14.9 Å². The largest absolute Gasteiger partial charge is 0.508 e. The van der Waals surface area contributed by atoms with Gasteiger partial charge in [0.05, 0.1) is 11.6 Å². The number of carbonyl (C=O) groups is 2. The fourth-order valence-corrected chi connectivity index (χ4v) is 4.70. The first-order valence-electron chi connectivity index (χ1n) is 9.47. The van der Waals surface area contributed by atoms with Gasteiger partial charge in [-0.1, -0.05) is 24.3 Å². The van der Waals surface area contributed by atoms with Gasteiger partial charge in [-0.05, 0) is 30.2 Å². The van der Waals surface area contributed by atoms with E-state index in [-0.39, 0.29) is 41.0 Å². The Morgan fingerprint density at radius 2 is 1.86 bits per heavy atom. The molecule has 6 heteroatoms. The van der Waals surface area contributed by atoms with E-state index in [1.165, 1.54) is 12.1 Å².